The minimum Gasteiger partial charge on any atom is -0.492 e. The summed E-state index contributed by atoms with van der Waals surface area (Å²) >= 11 is 3.58. The van der Waals surface area contributed by atoms with Crippen molar-refractivity contribution in [2.24, 2.45) is 0 Å². The number of amides is 2. The number of carbonyl (C=O) groups is 3. The Kier molecular flexibility index (Phi) is 7.61. The van der Waals surface area contributed by atoms with Gasteiger partial charge in [-0.1, -0.05) is 19.6 Å². The van der Waals surface area contributed by atoms with E-state index in [-0.39, 0.29) is 19.3 Å². The first-order valence-corrected chi connectivity index (χ1v) is 7.74. The fourth-order valence-corrected chi connectivity index (χ4v) is 1.85. The van der Waals surface area contributed by atoms with Crippen LogP contribution in [0.3, 0.4) is 0 Å². The molecule has 2 amide bonds. The molecule has 0 heterocycles. The van der Waals surface area contributed by atoms with Crippen LogP contribution >= 0.6 is 12.6 Å². The molecule has 0 aliphatic heterocycles. The van der Waals surface area contributed by atoms with Crippen molar-refractivity contribution in [3.05, 3.63) is 24.3 Å². The number of benzene rings is 1. The number of ketones is 1. The maximum Gasteiger partial charge on any atom is 0.297 e. The average molecular weight is 339 g/mol. The van der Waals surface area contributed by atoms with E-state index in [1.54, 1.807) is 24.3 Å². The number of nitrogens with zero attached hydrogens (tertiary/aromatic N) is 1. The Labute approximate surface area is 141 Å². The lowest BCUT2D eigenvalue weighted by atomic mass is 10.3. The Morgan fingerprint density at radius 2 is 1.74 bits per heavy atom. The quantitative estimate of drug-likeness (QED) is 0.582. The van der Waals surface area contributed by atoms with E-state index < -0.39 is 16.9 Å². The molecule has 126 valence electrons. The standard InChI is InChI=1S/C16H21NO5S/c1-4-11(2)22-14-7-5-13(6-8-14)21-10-9-17(16(20)23)15(19)12(3)18/h5-8,11H,4,9-10H2,1-3H3,(H,20,23). The zero-order valence-electron chi connectivity index (χ0n) is 13.4. The van der Waals surface area contributed by atoms with E-state index in [9.17, 15) is 14.4 Å². The van der Waals surface area contributed by atoms with Gasteiger partial charge in [0.1, 0.15) is 18.1 Å². The number of ether oxygens (including phenoxy) is 2. The molecule has 1 aromatic rings. The Bertz CT molecular complexity index is 558. The molecule has 23 heavy (non-hydrogen) atoms. The van der Waals surface area contributed by atoms with Crippen LogP contribution in [0.5, 0.6) is 11.5 Å². The minimum atomic E-state index is -0.897. The van der Waals surface area contributed by atoms with Crippen LogP contribution in [0.1, 0.15) is 27.2 Å². The fraction of sp³-hybridized carbons (Fsp3) is 0.438. The molecule has 7 heteroatoms. The lowest BCUT2D eigenvalue weighted by Crippen LogP contribution is -2.40. The van der Waals surface area contributed by atoms with E-state index in [0.29, 0.717) is 5.75 Å². The molecule has 0 bridgehead atoms. The third-order valence-corrected chi connectivity index (χ3v) is 3.34. The molecule has 6 nitrogen and oxygen atoms in total. The molecule has 0 spiro atoms. The topological polar surface area (TPSA) is 72.9 Å². The van der Waals surface area contributed by atoms with Crippen molar-refractivity contribution in [2.45, 2.75) is 33.3 Å². The van der Waals surface area contributed by atoms with Gasteiger partial charge in [0.2, 0.25) is 5.78 Å². The van der Waals surface area contributed by atoms with E-state index in [2.05, 4.69) is 12.6 Å². The van der Waals surface area contributed by atoms with Crippen molar-refractivity contribution >= 4 is 29.6 Å². The van der Waals surface area contributed by atoms with Crippen molar-refractivity contribution in [1.29, 1.82) is 0 Å². The molecular formula is C16H21NO5S. The van der Waals surface area contributed by atoms with Crippen molar-refractivity contribution in [3.63, 3.8) is 0 Å². The van der Waals surface area contributed by atoms with Crippen molar-refractivity contribution in [1.82, 2.24) is 4.90 Å². The van der Waals surface area contributed by atoms with Crippen molar-refractivity contribution < 1.29 is 23.9 Å². The van der Waals surface area contributed by atoms with Crippen LogP contribution in [-0.2, 0) is 9.59 Å². The van der Waals surface area contributed by atoms with Gasteiger partial charge in [-0.25, -0.2) is 0 Å². The van der Waals surface area contributed by atoms with Gasteiger partial charge in [0, 0.05) is 6.92 Å². The second kappa shape index (κ2) is 9.19. The molecule has 0 aliphatic rings. The van der Waals surface area contributed by atoms with Gasteiger partial charge in [0.25, 0.3) is 11.1 Å². The lowest BCUT2D eigenvalue weighted by molar-refractivity contribution is -0.141. The van der Waals surface area contributed by atoms with Crippen LogP contribution in [0.15, 0.2) is 24.3 Å². The summed E-state index contributed by atoms with van der Waals surface area (Å²) in [6.07, 6.45) is 1.05. The summed E-state index contributed by atoms with van der Waals surface area (Å²) in [5.74, 6) is -0.307. The molecule has 0 aromatic heterocycles. The highest BCUT2D eigenvalue weighted by atomic mass is 32.1. The summed E-state index contributed by atoms with van der Waals surface area (Å²) < 4.78 is 11.1. The highest BCUT2D eigenvalue weighted by Crippen LogP contribution is 2.19. The molecule has 1 atom stereocenters. The second-order valence-corrected chi connectivity index (χ2v) is 5.33. The largest absolute Gasteiger partial charge is 0.492 e. The third-order valence-electron chi connectivity index (χ3n) is 3.10. The number of Topliss-reactive ketones (excluding diaryl/α,β-unsaturated/α-hetero) is 1. The fourth-order valence-electron chi connectivity index (χ4n) is 1.66. The lowest BCUT2D eigenvalue weighted by Gasteiger charge is -2.17. The number of rotatable bonds is 8. The van der Waals surface area contributed by atoms with E-state index >= 15 is 0 Å². The monoisotopic (exact) mass is 339 g/mol. The number of carbonyl (C=O) groups excluding carboxylic acids is 3. The van der Waals surface area contributed by atoms with Crippen LogP contribution < -0.4 is 9.47 Å². The molecule has 0 fully saturated rings. The summed E-state index contributed by atoms with van der Waals surface area (Å²) in [6.45, 7) is 5.14. The van der Waals surface area contributed by atoms with Gasteiger partial charge in [0.05, 0.1) is 12.6 Å². The van der Waals surface area contributed by atoms with Crippen molar-refractivity contribution in [3.8, 4) is 11.5 Å². The molecule has 0 N–H and O–H groups in total. The highest BCUT2D eigenvalue weighted by molar-refractivity contribution is 7.96. The van der Waals surface area contributed by atoms with E-state index in [1.165, 1.54) is 0 Å². The maximum atomic E-state index is 11.5. The molecule has 0 aliphatic carbocycles. The van der Waals surface area contributed by atoms with E-state index in [4.69, 9.17) is 9.47 Å². The summed E-state index contributed by atoms with van der Waals surface area (Å²) in [6, 6.07) is 7.03. The first-order chi connectivity index (χ1) is 10.8. The third kappa shape index (κ3) is 6.32. The zero-order valence-corrected chi connectivity index (χ0v) is 14.3. The SMILES string of the molecule is CCC(C)Oc1ccc(OCCN(C(=O)S)C(=O)C(C)=O)cc1. The summed E-state index contributed by atoms with van der Waals surface area (Å²) in [7, 11) is 0. The smallest absolute Gasteiger partial charge is 0.297 e. The number of thiol groups is 1. The van der Waals surface area contributed by atoms with Gasteiger partial charge in [-0.05, 0) is 37.6 Å². The van der Waals surface area contributed by atoms with Gasteiger partial charge < -0.3 is 9.47 Å². The Balaban J connectivity index is 2.52. The van der Waals surface area contributed by atoms with Gasteiger partial charge >= 0.3 is 0 Å². The molecule has 1 unspecified atom stereocenters. The van der Waals surface area contributed by atoms with Crippen LogP contribution in [0.2, 0.25) is 0 Å². The van der Waals surface area contributed by atoms with Crippen molar-refractivity contribution in [2.75, 3.05) is 13.2 Å². The summed E-state index contributed by atoms with van der Waals surface area (Å²) in [5.41, 5.74) is 0. The van der Waals surface area contributed by atoms with Crippen LogP contribution in [0, 0.1) is 0 Å². The normalized spacial score (nSPS) is 11.5. The van der Waals surface area contributed by atoms with Gasteiger partial charge in [-0.2, -0.15) is 0 Å². The Morgan fingerprint density at radius 3 is 2.22 bits per heavy atom. The number of imide groups is 1. The number of hydrogen-bond acceptors (Lipinski definition) is 5. The molecule has 0 saturated carbocycles. The minimum absolute atomic E-state index is 0.0497. The molecule has 0 radical (unpaired) electrons. The first-order valence-electron chi connectivity index (χ1n) is 7.30. The summed E-state index contributed by atoms with van der Waals surface area (Å²) in [5, 5.41) is -0.786. The highest BCUT2D eigenvalue weighted by Gasteiger charge is 2.22. The Hall–Kier alpha value is -2.02. The predicted molar refractivity (Wildman–Crippen MR) is 89.1 cm³/mol. The molecule has 1 rings (SSSR count). The number of hydrogen-bond donors (Lipinski definition) is 1. The molecule has 0 saturated heterocycles. The average Bonchev–Trinajstić information content (AvgIpc) is 2.51. The van der Waals surface area contributed by atoms with Gasteiger partial charge in [-0.3, -0.25) is 19.3 Å². The first kappa shape index (κ1) is 19.0. The molecule has 1 aromatic carbocycles. The van der Waals surface area contributed by atoms with E-state index in [1.807, 2.05) is 13.8 Å². The van der Waals surface area contributed by atoms with Gasteiger partial charge in [-0.15, -0.1) is 0 Å². The van der Waals surface area contributed by atoms with Gasteiger partial charge in [0.15, 0.2) is 0 Å². The molecular weight excluding hydrogens is 318 g/mol. The second-order valence-electron chi connectivity index (χ2n) is 4.95. The summed E-state index contributed by atoms with van der Waals surface area (Å²) in [4.78, 5) is 34.6. The van der Waals surface area contributed by atoms with Crippen LogP contribution in [0.4, 0.5) is 4.79 Å². The Morgan fingerprint density at radius 1 is 1.17 bits per heavy atom. The van der Waals surface area contributed by atoms with Crippen LogP contribution in [-0.4, -0.2) is 41.1 Å². The predicted octanol–water partition coefficient (Wildman–Crippen LogP) is 2.71. The zero-order chi connectivity index (χ0) is 17.4. The van der Waals surface area contributed by atoms with E-state index in [0.717, 1.165) is 24.0 Å². The van der Waals surface area contributed by atoms with Crippen LogP contribution in [0.25, 0.3) is 0 Å². The maximum absolute atomic E-state index is 11.5.